The molecule has 4 aromatic rings. The fourth-order valence-corrected chi connectivity index (χ4v) is 4.35. The summed E-state index contributed by atoms with van der Waals surface area (Å²) in [4.78, 5) is 8.17. The first-order valence-electron chi connectivity index (χ1n) is 11.0. The van der Waals surface area contributed by atoms with Crippen LogP contribution in [-0.2, 0) is 0 Å². The van der Waals surface area contributed by atoms with Gasteiger partial charge in [-0.2, -0.15) is 5.26 Å². The van der Waals surface area contributed by atoms with Gasteiger partial charge in [0.1, 0.15) is 40.7 Å². The Hall–Kier alpha value is -3.91. The van der Waals surface area contributed by atoms with Gasteiger partial charge in [0.25, 0.3) is 0 Å². The van der Waals surface area contributed by atoms with Gasteiger partial charge in [-0.1, -0.05) is 5.21 Å². The molecule has 1 atom stereocenters. The first-order valence-corrected chi connectivity index (χ1v) is 11.0. The van der Waals surface area contributed by atoms with Crippen molar-refractivity contribution >= 4 is 5.65 Å². The zero-order valence-electron chi connectivity index (χ0n) is 18.7. The molecule has 1 aliphatic rings. The summed E-state index contributed by atoms with van der Waals surface area (Å²) in [7, 11) is 0. The fourth-order valence-electron chi connectivity index (χ4n) is 4.35. The number of hydrogen-bond acceptors (Lipinski definition) is 7. The van der Waals surface area contributed by atoms with Crippen LogP contribution in [0, 0.1) is 29.9 Å². The Balaban J connectivity index is 1.56. The second-order valence-corrected chi connectivity index (χ2v) is 8.26. The molecule has 1 unspecified atom stereocenters. The van der Waals surface area contributed by atoms with Gasteiger partial charge in [0.15, 0.2) is 5.82 Å². The number of imidazole rings is 1. The standard InChI is InChI=1S/C23H22F2N8O/c1-13-22(30-31-33(13)17-3-5-27-6-4-17)15-7-20-28-12-18(10-26)32(20)21(8-15)34-14(2)23-19(25)9-16(24)11-29-23/h7-9,11-12,14,17,27H,3-6H2,1-2H3. The smallest absolute Gasteiger partial charge is 0.201 e. The Kier molecular flexibility index (Phi) is 5.67. The van der Waals surface area contributed by atoms with Crippen molar-refractivity contribution < 1.29 is 13.5 Å². The highest BCUT2D eigenvalue weighted by Gasteiger charge is 2.23. The van der Waals surface area contributed by atoms with E-state index in [-0.39, 0.29) is 23.3 Å². The molecule has 174 valence electrons. The summed E-state index contributed by atoms with van der Waals surface area (Å²) in [5.41, 5.74) is 2.97. The number of aromatic nitrogens is 6. The molecule has 5 heterocycles. The minimum atomic E-state index is -0.862. The van der Waals surface area contributed by atoms with E-state index in [2.05, 4.69) is 31.7 Å². The third-order valence-electron chi connectivity index (χ3n) is 6.06. The van der Waals surface area contributed by atoms with Gasteiger partial charge in [0.2, 0.25) is 5.88 Å². The maximum absolute atomic E-state index is 14.3. The maximum Gasteiger partial charge on any atom is 0.201 e. The minimum absolute atomic E-state index is 0.0494. The highest BCUT2D eigenvalue weighted by Crippen LogP contribution is 2.32. The Morgan fingerprint density at radius 3 is 2.71 bits per heavy atom. The number of pyridine rings is 2. The van der Waals surface area contributed by atoms with Crippen molar-refractivity contribution in [3.05, 3.63) is 59.3 Å². The number of halogens is 2. The summed E-state index contributed by atoms with van der Waals surface area (Å²) in [6.45, 7) is 5.43. The molecule has 0 spiro atoms. The second kappa shape index (κ2) is 8.79. The first kappa shape index (κ1) is 21.9. The normalized spacial score (nSPS) is 15.4. The molecule has 5 rings (SSSR count). The van der Waals surface area contributed by atoms with Crippen molar-refractivity contribution in [1.82, 2.24) is 34.7 Å². The van der Waals surface area contributed by atoms with Crippen LogP contribution in [0.25, 0.3) is 16.9 Å². The number of ether oxygens (including phenoxy) is 1. The highest BCUT2D eigenvalue weighted by atomic mass is 19.1. The lowest BCUT2D eigenvalue weighted by Gasteiger charge is -2.23. The summed E-state index contributed by atoms with van der Waals surface area (Å²) in [5.74, 6) is -1.33. The minimum Gasteiger partial charge on any atom is -0.469 e. The summed E-state index contributed by atoms with van der Waals surface area (Å²) >= 11 is 0. The zero-order chi connectivity index (χ0) is 23.8. The van der Waals surface area contributed by atoms with E-state index in [1.807, 2.05) is 11.6 Å². The van der Waals surface area contributed by atoms with E-state index in [1.165, 1.54) is 10.6 Å². The molecule has 34 heavy (non-hydrogen) atoms. The van der Waals surface area contributed by atoms with Gasteiger partial charge in [-0.3, -0.25) is 9.38 Å². The number of nitrogens with one attached hydrogen (secondary N) is 1. The molecule has 1 fully saturated rings. The van der Waals surface area contributed by atoms with Crippen molar-refractivity contribution in [2.45, 2.75) is 38.8 Å². The maximum atomic E-state index is 14.3. The number of piperidine rings is 1. The topological polar surface area (TPSA) is 106 Å². The van der Waals surface area contributed by atoms with E-state index in [0.717, 1.165) is 43.9 Å². The van der Waals surface area contributed by atoms with Crippen LogP contribution in [0.1, 0.15) is 49.0 Å². The molecule has 1 saturated heterocycles. The van der Waals surface area contributed by atoms with Gasteiger partial charge in [0.05, 0.1) is 24.1 Å². The van der Waals surface area contributed by atoms with E-state index >= 15 is 0 Å². The lowest BCUT2D eigenvalue weighted by molar-refractivity contribution is 0.204. The van der Waals surface area contributed by atoms with Crippen LogP contribution in [0.15, 0.2) is 30.6 Å². The molecular formula is C23H22F2N8O. The van der Waals surface area contributed by atoms with Gasteiger partial charge in [-0.15, -0.1) is 5.10 Å². The largest absolute Gasteiger partial charge is 0.469 e. The van der Waals surface area contributed by atoms with Crippen LogP contribution in [0.5, 0.6) is 5.88 Å². The Morgan fingerprint density at radius 2 is 1.97 bits per heavy atom. The van der Waals surface area contributed by atoms with Crippen molar-refractivity contribution in [3.63, 3.8) is 0 Å². The zero-order valence-corrected chi connectivity index (χ0v) is 18.7. The number of fused-ring (bicyclic) bond motifs is 1. The molecule has 0 radical (unpaired) electrons. The molecule has 11 heteroatoms. The number of nitriles is 1. The Bertz CT molecular complexity index is 1400. The lowest BCUT2D eigenvalue weighted by atomic mass is 10.1. The Labute approximate surface area is 194 Å². The number of nitrogens with zero attached hydrogens (tertiary/aromatic N) is 7. The molecule has 0 saturated carbocycles. The van der Waals surface area contributed by atoms with Crippen LogP contribution in [0.4, 0.5) is 8.78 Å². The van der Waals surface area contributed by atoms with Crippen molar-refractivity contribution in [3.8, 4) is 23.2 Å². The van der Waals surface area contributed by atoms with Crippen LogP contribution in [0.2, 0.25) is 0 Å². The average Bonchev–Trinajstić information content (AvgIpc) is 3.42. The summed E-state index contributed by atoms with van der Waals surface area (Å²) in [6.07, 6.45) is 3.45. The first-order chi connectivity index (χ1) is 16.5. The lowest BCUT2D eigenvalue weighted by Crippen LogP contribution is -2.30. The second-order valence-electron chi connectivity index (χ2n) is 8.26. The van der Waals surface area contributed by atoms with E-state index in [4.69, 9.17) is 4.74 Å². The highest BCUT2D eigenvalue weighted by molar-refractivity contribution is 5.68. The third-order valence-corrected chi connectivity index (χ3v) is 6.06. The van der Waals surface area contributed by atoms with Crippen molar-refractivity contribution in [2.24, 2.45) is 0 Å². The summed E-state index contributed by atoms with van der Waals surface area (Å²) in [6, 6.07) is 6.64. The molecule has 9 nitrogen and oxygen atoms in total. The van der Waals surface area contributed by atoms with Gasteiger partial charge in [0, 0.05) is 17.7 Å². The fraction of sp³-hybridized carbons (Fsp3) is 0.348. The molecular weight excluding hydrogens is 442 g/mol. The molecule has 4 aromatic heterocycles. The van der Waals surface area contributed by atoms with Crippen LogP contribution >= 0.6 is 0 Å². The monoisotopic (exact) mass is 464 g/mol. The predicted octanol–water partition coefficient (Wildman–Crippen LogP) is 3.51. The molecule has 0 bridgehead atoms. The average molecular weight is 464 g/mol. The van der Waals surface area contributed by atoms with E-state index < -0.39 is 17.7 Å². The van der Waals surface area contributed by atoms with E-state index in [0.29, 0.717) is 16.9 Å². The Morgan fingerprint density at radius 1 is 1.18 bits per heavy atom. The molecule has 1 aliphatic heterocycles. The van der Waals surface area contributed by atoms with Crippen LogP contribution in [-0.4, -0.2) is 42.5 Å². The predicted molar refractivity (Wildman–Crippen MR) is 118 cm³/mol. The van der Waals surface area contributed by atoms with Gasteiger partial charge in [-0.05, 0) is 45.8 Å². The van der Waals surface area contributed by atoms with Crippen molar-refractivity contribution in [1.29, 1.82) is 5.26 Å². The quantitative estimate of drug-likeness (QED) is 0.482. The molecule has 0 aromatic carbocycles. The van der Waals surface area contributed by atoms with E-state index in [9.17, 15) is 14.0 Å². The van der Waals surface area contributed by atoms with E-state index in [1.54, 1.807) is 19.1 Å². The number of hydrogen-bond donors (Lipinski definition) is 1. The SMILES string of the molecule is Cc1c(-c2cc(OC(C)c3ncc(F)cc3F)n3c(C#N)cnc3c2)nnn1C1CCNCC1. The van der Waals surface area contributed by atoms with Gasteiger partial charge < -0.3 is 10.1 Å². The van der Waals surface area contributed by atoms with Crippen LogP contribution < -0.4 is 10.1 Å². The molecule has 1 N–H and O–H groups in total. The molecule has 0 aliphatic carbocycles. The number of rotatable bonds is 5. The van der Waals surface area contributed by atoms with Crippen LogP contribution in [0.3, 0.4) is 0 Å². The summed E-state index contributed by atoms with van der Waals surface area (Å²) in [5, 5.41) is 21.7. The van der Waals surface area contributed by atoms with Gasteiger partial charge in [-0.25, -0.2) is 18.4 Å². The summed E-state index contributed by atoms with van der Waals surface area (Å²) < 4.78 is 37.1. The van der Waals surface area contributed by atoms with Crippen molar-refractivity contribution in [2.75, 3.05) is 13.1 Å². The molecule has 0 amide bonds. The van der Waals surface area contributed by atoms with Gasteiger partial charge >= 0.3 is 0 Å². The third kappa shape index (κ3) is 3.86.